The molecule has 0 rings (SSSR count). The topological polar surface area (TPSA) is 116 Å². The molecule has 0 aromatic heterocycles. The van der Waals surface area contributed by atoms with Crippen molar-refractivity contribution in [3.63, 3.8) is 0 Å². The molecule has 0 aromatic rings. The fourth-order valence-corrected chi connectivity index (χ4v) is 1.39. The lowest BCUT2D eigenvalue weighted by molar-refractivity contribution is -0.317. The molecule has 0 saturated carbocycles. The van der Waals surface area contributed by atoms with Crippen LogP contribution in [0.15, 0.2) is 25.3 Å². The van der Waals surface area contributed by atoms with Crippen molar-refractivity contribution in [3.8, 4) is 0 Å². The summed E-state index contributed by atoms with van der Waals surface area (Å²) in [6.45, 7) is 6.72. The Morgan fingerprint density at radius 2 is 1.95 bits per heavy atom. The van der Waals surface area contributed by atoms with Gasteiger partial charge in [-0.2, -0.15) is 0 Å². The Morgan fingerprint density at radius 1 is 1.37 bits per heavy atom. The molecule has 110 valence electrons. The Hall–Kier alpha value is -1.25. The Kier molecular flexibility index (Phi) is 7.50. The maximum absolute atomic E-state index is 11.3. The van der Waals surface area contributed by atoms with Crippen LogP contribution in [0, 0.1) is 0 Å². The standard InChI is InChI=1S/C12H20O7/c1-4-6-18-12(9(15)7-13,11(17)8(3)14)19-10(16)5-2/h4-5,8-9,11,13-15,17H,1-2,6-7H2,3H3. The minimum absolute atomic E-state index is 0.189. The normalized spacial score (nSPS) is 18.8. The minimum atomic E-state index is -2.32. The summed E-state index contributed by atoms with van der Waals surface area (Å²) >= 11 is 0. The summed E-state index contributed by atoms with van der Waals surface area (Å²) in [6, 6.07) is 0. The lowest BCUT2D eigenvalue weighted by atomic mass is 9.99. The van der Waals surface area contributed by atoms with Gasteiger partial charge in [0.2, 0.25) is 0 Å². The highest BCUT2D eigenvalue weighted by atomic mass is 16.7. The molecular formula is C12H20O7. The molecule has 0 aliphatic heterocycles. The molecule has 0 heterocycles. The van der Waals surface area contributed by atoms with Gasteiger partial charge in [-0.05, 0) is 6.92 Å². The maximum Gasteiger partial charge on any atom is 0.332 e. The van der Waals surface area contributed by atoms with Crippen LogP contribution in [0.3, 0.4) is 0 Å². The molecule has 4 unspecified atom stereocenters. The van der Waals surface area contributed by atoms with Crippen molar-refractivity contribution < 1.29 is 34.7 Å². The van der Waals surface area contributed by atoms with E-state index in [2.05, 4.69) is 13.2 Å². The van der Waals surface area contributed by atoms with Gasteiger partial charge in [0.05, 0.1) is 19.3 Å². The zero-order chi connectivity index (χ0) is 15.1. The second kappa shape index (κ2) is 8.03. The van der Waals surface area contributed by atoms with Crippen molar-refractivity contribution >= 4 is 5.97 Å². The van der Waals surface area contributed by atoms with E-state index < -0.39 is 36.7 Å². The first-order valence-corrected chi connectivity index (χ1v) is 5.61. The van der Waals surface area contributed by atoms with Crippen LogP contribution < -0.4 is 0 Å². The van der Waals surface area contributed by atoms with Crippen LogP contribution in [0.2, 0.25) is 0 Å². The lowest BCUT2D eigenvalue weighted by Crippen LogP contribution is -2.61. The summed E-state index contributed by atoms with van der Waals surface area (Å²) < 4.78 is 9.92. The summed E-state index contributed by atoms with van der Waals surface area (Å²) in [5, 5.41) is 38.1. The molecule has 0 amide bonds. The summed E-state index contributed by atoms with van der Waals surface area (Å²) in [4.78, 5) is 11.3. The number of carbonyl (C=O) groups is 1. The van der Waals surface area contributed by atoms with Crippen LogP contribution >= 0.6 is 0 Å². The van der Waals surface area contributed by atoms with Crippen LogP contribution in [-0.4, -0.2) is 63.7 Å². The molecule has 0 fully saturated rings. The van der Waals surface area contributed by atoms with Gasteiger partial charge in [-0.15, -0.1) is 6.58 Å². The van der Waals surface area contributed by atoms with Crippen molar-refractivity contribution in [3.05, 3.63) is 25.3 Å². The van der Waals surface area contributed by atoms with Gasteiger partial charge in [0.15, 0.2) is 0 Å². The second-order valence-electron chi connectivity index (χ2n) is 3.83. The predicted octanol–water partition coefficient (Wildman–Crippen LogP) is -1.29. The molecular weight excluding hydrogens is 256 g/mol. The van der Waals surface area contributed by atoms with E-state index in [4.69, 9.17) is 14.6 Å². The van der Waals surface area contributed by atoms with Crippen molar-refractivity contribution in [2.45, 2.75) is 31.0 Å². The zero-order valence-electron chi connectivity index (χ0n) is 10.7. The third-order valence-electron chi connectivity index (χ3n) is 2.36. The van der Waals surface area contributed by atoms with E-state index in [0.29, 0.717) is 0 Å². The molecule has 0 radical (unpaired) electrons. The Labute approximate surface area is 111 Å². The number of hydrogen-bond acceptors (Lipinski definition) is 7. The molecule has 4 atom stereocenters. The molecule has 7 heteroatoms. The number of carbonyl (C=O) groups excluding carboxylic acids is 1. The van der Waals surface area contributed by atoms with E-state index in [1.54, 1.807) is 0 Å². The monoisotopic (exact) mass is 276 g/mol. The van der Waals surface area contributed by atoms with Gasteiger partial charge in [-0.3, -0.25) is 0 Å². The molecule has 0 bridgehead atoms. The lowest BCUT2D eigenvalue weighted by Gasteiger charge is -2.40. The molecule has 0 aromatic carbocycles. The van der Waals surface area contributed by atoms with Gasteiger partial charge in [0.1, 0.15) is 12.2 Å². The van der Waals surface area contributed by atoms with Gasteiger partial charge in [0.25, 0.3) is 5.79 Å². The van der Waals surface area contributed by atoms with Crippen molar-refractivity contribution in [1.29, 1.82) is 0 Å². The third kappa shape index (κ3) is 4.41. The van der Waals surface area contributed by atoms with E-state index in [1.807, 2.05) is 0 Å². The van der Waals surface area contributed by atoms with Gasteiger partial charge in [-0.25, -0.2) is 4.79 Å². The summed E-state index contributed by atoms with van der Waals surface area (Å²) in [7, 11) is 0. The van der Waals surface area contributed by atoms with Crippen molar-refractivity contribution in [2.24, 2.45) is 0 Å². The van der Waals surface area contributed by atoms with E-state index in [1.165, 1.54) is 13.0 Å². The minimum Gasteiger partial charge on any atom is -0.424 e. The smallest absolute Gasteiger partial charge is 0.332 e. The molecule has 0 aliphatic rings. The molecule has 4 N–H and O–H groups in total. The largest absolute Gasteiger partial charge is 0.424 e. The number of aliphatic hydroxyl groups excluding tert-OH is 4. The molecule has 7 nitrogen and oxygen atoms in total. The highest BCUT2D eigenvalue weighted by Crippen LogP contribution is 2.26. The Bertz CT molecular complexity index is 315. The van der Waals surface area contributed by atoms with E-state index >= 15 is 0 Å². The van der Waals surface area contributed by atoms with E-state index in [-0.39, 0.29) is 6.61 Å². The average Bonchev–Trinajstić information content (AvgIpc) is 2.41. The Balaban J connectivity index is 5.47. The van der Waals surface area contributed by atoms with Crippen LogP contribution in [0.1, 0.15) is 6.92 Å². The average molecular weight is 276 g/mol. The fraction of sp³-hybridized carbons (Fsp3) is 0.583. The second-order valence-corrected chi connectivity index (χ2v) is 3.83. The molecule has 0 saturated heterocycles. The number of ether oxygens (including phenoxy) is 2. The number of aliphatic hydroxyl groups is 4. The summed E-state index contributed by atoms with van der Waals surface area (Å²) in [5.74, 6) is -3.31. The number of rotatable bonds is 9. The quantitative estimate of drug-likeness (QED) is 0.179. The van der Waals surface area contributed by atoms with Crippen molar-refractivity contribution in [1.82, 2.24) is 0 Å². The number of hydrogen-bond donors (Lipinski definition) is 4. The fourth-order valence-electron chi connectivity index (χ4n) is 1.39. The highest BCUT2D eigenvalue weighted by Gasteiger charge is 2.51. The first kappa shape index (κ1) is 17.8. The maximum atomic E-state index is 11.3. The van der Waals surface area contributed by atoms with Crippen LogP contribution in [0.4, 0.5) is 0 Å². The van der Waals surface area contributed by atoms with Crippen LogP contribution in [0.5, 0.6) is 0 Å². The molecule has 0 aliphatic carbocycles. The SMILES string of the molecule is C=CCOC(OC(=O)C=C)(C(O)CO)C(O)C(C)O. The van der Waals surface area contributed by atoms with E-state index in [0.717, 1.165) is 6.08 Å². The van der Waals surface area contributed by atoms with Crippen LogP contribution in [-0.2, 0) is 14.3 Å². The number of esters is 1. The predicted molar refractivity (Wildman–Crippen MR) is 65.9 cm³/mol. The Morgan fingerprint density at radius 3 is 2.32 bits per heavy atom. The first-order valence-electron chi connectivity index (χ1n) is 5.61. The van der Waals surface area contributed by atoms with Gasteiger partial charge in [0, 0.05) is 6.08 Å². The summed E-state index contributed by atoms with van der Waals surface area (Å²) in [6.07, 6.45) is -2.84. The van der Waals surface area contributed by atoms with Gasteiger partial charge >= 0.3 is 5.97 Å². The van der Waals surface area contributed by atoms with Crippen molar-refractivity contribution in [2.75, 3.05) is 13.2 Å². The zero-order valence-corrected chi connectivity index (χ0v) is 10.7. The van der Waals surface area contributed by atoms with E-state index in [9.17, 15) is 20.1 Å². The van der Waals surface area contributed by atoms with Crippen LogP contribution in [0.25, 0.3) is 0 Å². The molecule has 19 heavy (non-hydrogen) atoms. The van der Waals surface area contributed by atoms with Gasteiger partial charge in [-0.1, -0.05) is 12.7 Å². The third-order valence-corrected chi connectivity index (χ3v) is 2.36. The molecule has 0 spiro atoms. The highest BCUT2D eigenvalue weighted by molar-refractivity contribution is 5.81. The summed E-state index contributed by atoms with van der Waals surface area (Å²) in [5.41, 5.74) is 0. The first-order chi connectivity index (χ1) is 8.85. The van der Waals surface area contributed by atoms with Gasteiger partial charge < -0.3 is 29.9 Å².